The summed E-state index contributed by atoms with van der Waals surface area (Å²) in [4.78, 5) is 11.9. The number of ether oxygens (including phenoxy) is 1. The van der Waals surface area contributed by atoms with Crippen molar-refractivity contribution in [1.82, 2.24) is 15.1 Å². The van der Waals surface area contributed by atoms with Crippen LogP contribution in [0, 0.1) is 0 Å². The molecule has 112 valence electrons. The zero-order chi connectivity index (χ0) is 15.2. The first kappa shape index (κ1) is 15.3. The Morgan fingerprint density at radius 2 is 2.00 bits per heavy atom. The Kier molecular flexibility index (Phi) is 5.11. The van der Waals surface area contributed by atoms with Crippen molar-refractivity contribution in [2.75, 3.05) is 7.11 Å². The highest BCUT2D eigenvalue weighted by Gasteiger charge is 2.20. The first-order valence-corrected chi connectivity index (χ1v) is 7.02. The van der Waals surface area contributed by atoms with Crippen molar-refractivity contribution in [2.24, 2.45) is 0 Å². The van der Waals surface area contributed by atoms with Crippen LogP contribution in [0.3, 0.4) is 0 Å². The van der Waals surface area contributed by atoms with E-state index in [9.17, 15) is 4.79 Å². The molecular formula is C16H21N3O2. The van der Waals surface area contributed by atoms with Gasteiger partial charge in [0.25, 0.3) is 0 Å². The predicted molar refractivity (Wildman–Crippen MR) is 80.7 cm³/mol. The Balaban J connectivity index is 2.07. The van der Waals surface area contributed by atoms with Gasteiger partial charge in [0.1, 0.15) is 6.04 Å². The van der Waals surface area contributed by atoms with Crippen molar-refractivity contribution in [2.45, 2.75) is 32.5 Å². The Labute approximate surface area is 124 Å². The van der Waals surface area contributed by atoms with Crippen LogP contribution in [0.4, 0.5) is 0 Å². The molecule has 1 aromatic heterocycles. The second-order valence-electron chi connectivity index (χ2n) is 5.13. The van der Waals surface area contributed by atoms with E-state index in [0.717, 1.165) is 11.3 Å². The van der Waals surface area contributed by atoms with Crippen LogP contribution in [0.25, 0.3) is 0 Å². The molecule has 0 aliphatic carbocycles. The fourth-order valence-corrected chi connectivity index (χ4v) is 2.07. The van der Waals surface area contributed by atoms with Crippen LogP contribution in [0.15, 0.2) is 42.6 Å². The van der Waals surface area contributed by atoms with Gasteiger partial charge < -0.3 is 4.74 Å². The van der Waals surface area contributed by atoms with Crippen molar-refractivity contribution in [3.8, 4) is 0 Å². The average Bonchev–Trinajstić information content (AvgIpc) is 2.97. The van der Waals surface area contributed by atoms with Crippen LogP contribution in [0.5, 0.6) is 0 Å². The molecule has 5 heteroatoms. The molecule has 1 N–H and O–H groups in total. The van der Waals surface area contributed by atoms with E-state index in [1.54, 1.807) is 0 Å². The molecule has 1 atom stereocenters. The molecular weight excluding hydrogens is 266 g/mol. The maximum Gasteiger partial charge on any atom is 0.327 e. The Morgan fingerprint density at radius 3 is 2.57 bits per heavy atom. The van der Waals surface area contributed by atoms with Crippen molar-refractivity contribution in [3.05, 3.63) is 53.9 Å². The number of methoxy groups -OCH3 is 1. The van der Waals surface area contributed by atoms with Gasteiger partial charge in [-0.25, -0.2) is 4.79 Å². The van der Waals surface area contributed by atoms with Crippen LogP contribution in [0.1, 0.15) is 37.2 Å². The molecule has 0 amide bonds. The lowest BCUT2D eigenvalue weighted by molar-refractivity contribution is -0.143. The monoisotopic (exact) mass is 287 g/mol. The van der Waals surface area contributed by atoms with Gasteiger partial charge in [-0.2, -0.15) is 5.10 Å². The summed E-state index contributed by atoms with van der Waals surface area (Å²) in [6, 6.07) is 11.3. The summed E-state index contributed by atoms with van der Waals surface area (Å²) in [5.74, 6) is -0.301. The van der Waals surface area contributed by atoms with Gasteiger partial charge in [0, 0.05) is 18.8 Å². The highest BCUT2D eigenvalue weighted by atomic mass is 16.5. The van der Waals surface area contributed by atoms with E-state index < -0.39 is 6.04 Å². The molecule has 0 radical (unpaired) electrons. The van der Waals surface area contributed by atoms with Gasteiger partial charge in [-0.1, -0.05) is 30.3 Å². The van der Waals surface area contributed by atoms with Gasteiger partial charge in [0.2, 0.25) is 0 Å². The lowest BCUT2D eigenvalue weighted by Gasteiger charge is -2.16. The fourth-order valence-electron chi connectivity index (χ4n) is 2.07. The van der Waals surface area contributed by atoms with E-state index in [-0.39, 0.29) is 5.97 Å². The molecule has 1 heterocycles. The summed E-state index contributed by atoms with van der Waals surface area (Å²) >= 11 is 0. The number of rotatable bonds is 6. The molecule has 0 fully saturated rings. The molecule has 1 unspecified atom stereocenters. The highest BCUT2D eigenvalue weighted by Crippen LogP contribution is 2.15. The lowest BCUT2D eigenvalue weighted by atomic mass is 10.1. The van der Waals surface area contributed by atoms with E-state index in [4.69, 9.17) is 4.74 Å². The van der Waals surface area contributed by atoms with Gasteiger partial charge in [-0.05, 0) is 25.5 Å². The van der Waals surface area contributed by atoms with Gasteiger partial charge in [-0.3, -0.25) is 10.00 Å². The number of hydrogen-bond acceptors (Lipinski definition) is 4. The van der Waals surface area contributed by atoms with Crippen molar-refractivity contribution in [1.29, 1.82) is 0 Å². The summed E-state index contributed by atoms with van der Waals surface area (Å²) < 4.78 is 6.77. The molecule has 0 saturated heterocycles. The van der Waals surface area contributed by atoms with Crippen LogP contribution < -0.4 is 5.32 Å². The zero-order valence-electron chi connectivity index (χ0n) is 12.6. The molecule has 21 heavy (non-hydrogen) atoms. The standard InChI is InChI=1S/C16H21N3O2/c1-12(2)19-10-9-14(18-19)11-17-15(16(20)21-3)13-7-5-4-6-8-13/h4-10,12,15,17H,11H2,1-3H3. The van der Waals surface area contributed by atoms with Crippen molar-refractivity contribution >= 4 is 5.97 Å². The molecule has 0 aliphatic heterocycles. The third-order valence-electron chi connectivity index (χ3n) is 3.25. The van der Waals surface area contributed by atoms with E-state index in [2.05, 4.69) is 24.3 Å². The second-order valence-corrected chi connectivity index (χ2v) is 5.13. The smallest absolute Gasteiger partial charge is 0.327 e. The van der Waals surface area contributed by atoms with E-state index >= 15 is 0 Å². The Bertz CT molecular complexity index is 578. The summed E-state index contributed by atoms with van der Waals surface area (Å²) in [6.45, 7) is 4.66. The van der Waals surface area contributed by atoms with E-state index in [1.165, 1.54) is 7.11 Å². The third kappa shape index (κ3) is 3.92. The fraction of sp³-hybridized carbons (Fsp3) is 0.375. The van der Waals surface area contributed by atoms with Gasteiger partial charge in [0.05, 0.1) is 12.8 Å². The highest BCUT2D eigenvalue weighted by molar-refractivity contribution is 5.77. The van der Waals surface area contributed by atoms with Crippen molar-refractivity contribution < 1.29 is 9.53 Å². The number of nitrogens with zero attached hydrogens (tertiary/aromatic N) is 2. The zero-order valence-corrected chi connectivity index (χ0v) is 12.6. The third-order valence-corrected chi connectivity index (χ3v) is 3.25. The average molecular weight is 287 g/mol. The maximum absolute atomic E-state index is 11.9. The summed E-state index contributed by atoms with van der Waals surface area (Å²) in [5.41, 5.74) is 1.78. The molecule has 5 nitrogen and oxygen atoms in total. The minimum Gasteiger partial charge on any atom is -0.468 e. The number of esters is 1. The topological polar surface area (TPSA) is 56.1 Å². The predicted octanol–water partition coefficient (Wildman–Crippen LogP) is 2.47. The van der Waals surface area contributed by atoms with E-state index in [0.29, 0.717) is 12.6 Å². The number of nitrogens with one attached hydrogen (secondary N) is 1. The largest absolute Gasteiger partial charge is 0.468 e. The normalized spacial score (nSPS) is 12.4. The number of carbonyl (C=O) groups is 1. The molecule has 0 spiro atoms. The minimum atomic E-state index is -0.486. The molecule has 0 aliphatic rings. The summed E-state index contributed by atoms with van der Waals surface area (Å²) in [7, 11) is 1.40. The van der Waals surface area contributed by atoms with Crippen LogP contribution in [-0.2, 0) is 16.1 Å². The van der Waals surface area contributed by atoms with Crippen LogP contribution in [0.2, 0.25) is 0 Å². The number of hydrogen-bond donors (Lipinski definition) is 1. The van der Waals surface area contributed by atoms with Gasteiger partial charge >= 0.3 is 5.97 Å². The number of aromatic nitrogens is 2. The number of carbonyl (C=O) groups excluding carboxylic acids is 1. The van der Waals surface area contributed by atoms with E-state index in [1.807, 2.05) is 47.3 Å². The van der Waals surface area contributed by atoms with Crippen molar-refractivity contribution in [3.63, 3.8) is 0 Å². The van der Waals surface area contributed by atoms with Gasteiger partial charge in [0.15, 0.2) is 0 Å². The molecule has 0 saturated carbocycles. The van der Waals surface area contributed by atoms with Crippen LogP contribution >= 0.6 is 0 Å². The number of benzene rings is 1. The summed E-state index contributed by atoms with van der Waals surface area (Å²) in [5, 5.41) is 7.67. The van der Waals surface area contributed by atoms with Gasteiger partial charge in [-0.15, -0.1) is 0 Å². The van der Waals surface area contributed by atoms with Crippen LogP contribution in [-0.4, -0.2) is 22.9 Å². The minimum absolute atomic E-state index is 0.301. The molecule has 0 bridgehead atoms. The quantitative estimate of drug-likeness (QED) is 0.829. The molecule has 2 aromatic rings. The molecule has 1 aromatic carbocycles. The SMILES string of the molecule is COC(=O)C(NCc1ccn(C(C)C)n1)c1ccccc1. The Morgan fingerprint density at radius 1 is 1.29 bits per heavy atom. The molecule has 2 rings (SSSR count). The Hall–Kier alpha value is -2.14. The first-order chi connectivity index (χ1) is 10.1. The maximum atomic E-state index is 11.9. The first-order valence-electron chi connectivity index (χ1n) is 7.02. The summed E-state index contributed by atoms with van der Waals surface area (Å²) in [6.07, 6.45) is 1.94. The second kappa shape index (κ2) is 7.04. The lowest BCUT2D eigenvalue weighted by Crippen LogP contribution is -2.29.